The highest BCUT2D eigenvalue weighted by Gasteiger charge is 2.00. The van der Waals surface area contributed by atoms with Crippen molar-refractivity contribution in [1.82, 2.24) is 25.2 Å². The van der Waals surface area contributed by atoms with E-state index in [0.717, 1.165) is 11.5 Å². The zero-order valence-corrected chi connectivity index (χ0v) is 6.55. The summed E-state index contributed by atoms with van der Waals surface area (Å²) in [6, 6.07) is 3.74. The molecule has 60 valence electrons. The summed E-state index contributed by atoms with van der Waals surface area (Å²) in [6.07, 6.45) is 3.42. The fraction of sp³-hybridized carbons (Fsp3) is 0.143. The summed E-state index contributed by atoms with van der Waals surface area (Å²) < 4.78 is 1.63. The van der Waals surface area contributed by atoms with Crippen LogP contribution in [0.25, 0.3) is 5.69 Å². The molecule has 5 heteroatoms. The summed E-state index contributed by atoms with van der Waals surface area (Å²) in [5, 5.41) is 11.1. The minimum atomic E-state index is 0.753. The number of hydrogen-bond donors (Lipinski definition) is 0. The Morgan fingerprint density at radius 3 is 2.92 bits per heavy atom. The smallest absolute Gasteiger partial charge is 0.153 e. The van der Waals surface area contributed by atoms with Crippen LogP contribution < -0.4 is 0 Å². The van der Waals surface area contributed by atoms with Crippen LogP contribution in [0.2, 0.25) is 0 Å². The van der Waals surface area contributed by atoms with Gasteiger partial charge in [0.2, 0.25) is 0 Å². The van der Waals surface area contributed by atoms with E-state index < -0.39 is 0 Å². The van der Waals surface area contributed by atoms with E-state index in [1.54, 1.807) is 17.1 Å². The quantitative estimate of drug-likeness (QED) is 0.606. The van der Waals surface area contributed by atoms with E-state index in [2.05, 4.69) is 20.5 Å². The molecule has 0 fully saturated rings. The van der Waals surface area contributed by atoms with Gasteiger partial charge in [0.05, 0.1) is 11.9 Å². The highest BCUT2D eigenvalue weighted by Crippen LogP contribution is 2.03. The first-order valence-corrected chi connectivity index (χ1v) is 3.53. The van der Waals surface area contributed by atoms with Crippen LogP contribution in [0.5, 0.6) is 0 Å². The minimum absolute atomic E-state index is 0.753. The highest BCUT2D eigenvalue weighted by molar-refractivity contribution is 5.26. The van der Waals surface area contributed by atoms with Crippen molar-refractivity contribution in [2.24, 2.45) is 0 Å². The van der Waals surface area contributed by atoms with Gasteiger partial charge < -0.3 is 0 Å². The normalized spacial score (nSPS) is 10.1. The zero-order valence-electron chi connectivity index (χ0n) is 6.55. The molecule has 2 aromatic heterocycles. The van der Waals surface area contributed by atoms with E-state index in [0.29, 0.717) is 0 Å². The third-order valence-electron chi connectivity index (χ3n) is 1.52. The molecule has 0 N–H and O–H groups in total. The lowest BCUT2D eigenvalue weighted by Crippen LogP contribution is -1.99. The predicted molar refractivity (Wildman–Crippen MR) is 41.7 cm³/mol. The van der Waals surface area contributed by atoms with Gasteiger partial charge in [-0.15, -0.1) is 5.10 Å². The third-order valence-corrected chi connectivity index (χ3v) is 1.52. The molecule has 2 rings (SSSR count). The SMILES string of the molecule is Cc1nnnn1-c1cccnc1. The first-order chi connectivity index (χ1) is 5.88. The molecule has 0 atom stereocenters. The first kappa shape index (κ1) is 6.90. The second-order valence-electron chi connectivity index (χ2n) is 2.35. The fourth-order valence-corrected chi connectivity index (χ4v) is 0.949. The maximum Gasteiger partial charge on any atom is 0.153 e. The molecule has 2 aromatic rings. The average molecular weight is 161 g/mol. The van der Waals surface area contributed by atoms with E-state index >= 15 is 0 Å². The first-order valence-electron chi connectivity index (χ1n) is 3.53. The lowest BCUT2D eigenvalue weighted by atomic mass is 10.4. The van der Waals surface area contributed by atoms with Crippen molar-refractivity contribution in [2.75, 3.05) is 0 Å². The van der Waals surface area contributed by atoms with E-state index in [-0.39, 0.29) is 0 Å². The topological polar surface area (TPSA) is 56.5 Å². The van der Waals surface area contributed by atoms with Crippen LogP contribution in [0.3, 0.4) is 0 Å². The second-order valence-corrected chi connectivity index (χ2v) is 2.35. The molecule has 0 saturated heterocycles. The summed E-state index contributed by atoms with van der Waals surface area (Å²) in [7, 11) is 0. The molecule has 5 nitrogen and oxygen atoms in total. The van der Waals surface area contributed by atoms with Crippen molar-refractivity contribution in [3.63, 3.8) is 0 Å². The van der Waals surface area contributed by atoms with E-state index in [1.165, 1.54) is 0 Å². The molecule has 0 aliphatic rings. The number of tetrazole rings is 1. The van der Waals surface area contributed by atoms with Crippen molar-refractivity contribution in [3.8, 4) is 5.69 Å². The van der Waals surface area contributed by atoms with Crippen LogP contribution in [0, 0.1) is 6.92 Å². The van der Waals surface area contributed by atoms with Crippen molar-refractivity contribution >= 4 is 0 Å². The summed E-state index contributed by atoms with van der Waals surface area (Å²) in [5.41, 5.74) is 0.875. The van der Waals surface area contributed by atoms with E-state index in [9.17, 15) is 0 Å². The molecule has 0 radical (unpaired) electrons. The van der Waals surface area contributed by atoms with Crippen LogP contribution in [0.1, 0.15) is 5.82 Å². The lowest BCUT2D eigenvalue weighted by molar-refractivity contribution is 0.776. The number of hydrogen-bond acceptors (Lipinski definition) is 4. The van der Waals surface area contributed by atoms with Crippen LogP contribution in [-0.4, -0.2) is 25.2 Å². The van der Waals surface area contributed by atoms with Crippen molar-refractivity contribution < 1.29 is 0 Å². The number of aromatic nitrogens is 5. The number of rotatable bonds is 1. The largest absolute Gasteiger partial charge is 0.262 e. The highest BCUT2D eigenvalue weighted by atomic mass is 15.5. The van der Waals surface area contributed by atoms with Gasteiger partial charge >= 0.3 is 0 Å². The number of aryl methyl sites for hydroxylation is 1. The van der Waals surface area contributed by atoms with Gasteiger partial charge in [-0.2, -0.15) is 4.68 Å². The van der Waals surface area contributed by atoms with E-state index in [4.69, 9.17) is 0 Å². The molecule has 0 aliphatic carbocycles. The summed E-state index contributed by atoms with van der Waals surface area (Å²) in [6.45, 7) is 1.84. The van der Waals surface area contributed by atoms with Gasteiger partial charge in [-0.1, -0.05) is 0 Å². The molecule has 0 spiro atoms. The molecule has 2 heterocycles. The molecular weight excluding hydrogens is 154 g/mol. The molecule has 0 aromatic carbocycles. The molecule has 0 amide bonds. The van der Waals surface area contributed by atoms with Crippen LogP contribution in [0.4, 0.5) is 0 Å². The lowest BCUT2D eigenvalue weighted by Gasteiger charge is -1.97. The minimum Gasteiger partial charge on any atom is -0.262 e. The molecule has 0 aliphatic heterocycles. The van der Waals surface area contributed by atoms with E-state index in [1.807, 2.05) is 19.1 Å². The summed E-state index contributed by atoms with van der Waals surface area (Å²) >= 11 is 0. The summed E-state index contributed by atoms with van der Waals surface area (Å²) in [4.78, 5) is 3.97. The summed E-state index contributed by atoms with van der Waals surface area (Å²) in [5.74, 6) is 0.753. The van der Waals surface area contributed by atoms with Gasteiger partial charge in [0, 0.05) is 6.20 Å². The average Bonchev–Trinajstić information content (AvgIpc) is 2.53. The third kappa shape index (κ3) is 1.05. The number of pyridine rings is 1. The predicted octanol–water partition coefficient (Wildman–Crippen LogP) is 0.366. The van der Waals surface area contributed by atoms with Crippen LogP contribution in [-0.2, 0) is 0 Å². The Morgan fingerprint density at radius 1 is 1.42 bits per heavy atom. The van der Waals surface area contributed by atoms with Gasteiger partial charge in [0.25, 0.3) is 0 Å². The Labute approximate surface area is 69.1 Å². The molecule has 0 bridgehead atoms. The van der Waals surface area contributed by atoms with Gasteiger partial charge in [0.15, 0.2) is 5.82 Å². The Kier molecular flexibility index (Phi) is 1.55. The number of nitrogens with zero attached hydrogens (tertiary/aromatic N) is 5. The van der Waals surface area contributed by atoms with Crippen molar-refractivity contribution in [3.05, 3.63) is 30.4 Å². The standard InChI is InChI=1S/C7H7N5/c1-6-9-10-11-12(6)7-3-2-4-8-5-7/h2-5H,1H3. The Balaban J connectivity index is 2.51. The van der Waals surface area contributed by atoms with Gasteiger partial charge in [0.1, 0.15) is 0 Å². The van der Waals surface area contributed by atoms with Crippen LogP contribution in [0.15, 0.2) is 24.5 Å². The zero-order chi connectivity index (χ0) is 8.39. The maximum atomic E-state index is 3.97. The van der Waals surface area contributed by atoms with Crippen molar-refractivity contribution in [2.45, 2.75) is 6.92 Å². The Morgan fingerprint density at radius 2 is 2.33 bits per heavy atom. The molecule has 0 saturated carbocycles. The maximum absolute atomic E-state index is 3.97. The van der Waals surface area contributed by atoms with Crippen molar-refractivity contribution in [1.29, 1.82) is 0 Å². The molecule has 12 heavy (non-hydrogen) atoms. The van der Waals surface area contributed by atoms with Crippen LogP contribution >= 0.6 is 0 Å². The Hall–Kier alpha value is -1.78. The van der Waals surface area contributed by atoms with Gasteiger partial charge in [-0.25, -0.2) is 0 Å². The monoisotopic (exact) mass is 161 g/mol. The molecular formula is C7H7N5. The Bertz CT molecular complexity index is 366. The molecule has 0 unspecified atom stereocenters. The fourth-order valence-electron chi connectivity index (χ4n) is 0.949. The van der Waals surface area contributed by atoms with Gasteiger partial charge in [-0.3, -0.25) is 4.98 Å². The van der Waals surface area contributed by atoms with Gasteiger partial charge in [-0.05, 0) is 29.5 Å². The second kappa shape index (κ2) is 2.69.